The Morgan fingerprint density at radius 3 is 2.46 bits per heavy atom. The maximum absolute atomic E-state index is 14.4. The van der Waals surface area contributed by atoms with Crippen LogP contribution < -0.4 is 0 Å². The van der Waals surface area contributed by atoms with Gasteiger partial charge in [0.25, 0.3) is 5.91 Å². The van der Waals surface area contributed by atoms with Crippen molar-refractivity contribution in [2.75, 3.05) is 19.6 Å². The number of carbonyl (C=O) groups excluding carboxylic acids is 2. The fourth-order valence-corrected chi connectivity index (χ4v) is 3.05. The van der Waals surface area contributed by atoms with Crippen LogP contribution in [0.1, 0.15) is 49.2 Å². The van der Waals surface area contributed by atoms with Crippen LogP contribution >= 0.6 is 0 Å². The van der Waals surface area contributed by atoms with Crippen LogP contribution in [0.15, 0.2) is 18.7 Å². The minimum atomic E-state index is -0.573. The number of amides is 2. The van der Waals surface area contributed by atoms with Gasteiger partial charge in [0, 0.05) is 25.7 Å². The molecular formula is C20H27FN2O3. The van der Waals surface area contributed by atoms with Crippen LogP contribution in [0.5, 0.6) is 0 Å². The molecule has 0 unspecified atom stereocenters. The van der Waals surface area contributed by atoms with Gasteiger partial charge in [-0.25, -0.2) is 9.18 Å². The van der Waals surface area contributed by atoms with E-state index >= 15 is 0 Å². The summed E-state index contributed by atoms with van der Waals surface area (Å²) in [7, 11) is 0. The minimum Gasteiger partial charge on any atom is -0.444 e. The van der Waals surface area contributed by atoms with Crippen molar-refractivity contribution in [2.24, 2.45) is 0 Å². The summed E-state index contributed by atoms with van der Waals surface area (Å²) in [5, 5.41) is 0. The first-order valence-corrected chi connectivity index (χ1v) is 8.75. The Balaban J connectivity index is 2.13. The summed E-state index contributed by atoms with van der Waals surface area (Å²) >= 11 is 0. The third-order valence-corrected chi connectivity index (χ3v) is 4.30. The number of aryl methyl sites for hydroxylation is 1. The van der Waals surface area contributed by atoms with E-state index in [-0.39, 0.29) is 17.5 Å². The highest BCUT2D eigenvalue weighted by Gasteiger charge is 2.33. The van der Waals surface area contributed by atoms with Gasteiger partial charge >= 0.3 is 6.09 Å². The zero-order chi connectivity index (χ0) is 19.6. The van der Waals surface area contributed by atoms with Gasteiger partial charge in [0.1, 0.15) is 11.4 Å². The summed E-state index contributed by atoms with van der Waals surface area (Å²) in [4.78, 5) is 28.3. The third-order valence-electron chi connectivity index (χ3n) is 4.30. The number of benzene rings is 1. The van der Waals surface area contributed by atoms with Gasteiger partial charge in [-0.15, -0.1) is 0 Å². The third kappa shape index (κ3) is 4.42. The number of hydrogen-bond donors (Lipinski definition) is 0. The second kappa shape index (κ2) is 7.48. The lowest BCUT2D eigenvalue weighted by Crippen LogP contribution is -2.56. The molecular weight excluding hydrogens is 335 g/mol. The maximum Gasteiger partial charge on any atom is 0.410 e. The molecule has 1 saturated heterocycles. The smallest absolute Gasteiger partial charge is 0.410 e. The molecule has 0 saturated carbocycles. The Labute approximate surface area is 154 Å². The van der Waals surface area contributed by atoms with E-state index in [0.717, 1.165) is 0 Å². The molecule has 0 aromatic heterocycles. The van der Waals surface area contributed by atoms with E-state index in [1.54, 1.807) is 28.9 Å². The first kappa shape index (κ1) is 19.9. The van der Waals surface area contributed by atoms with Crippen molar-refractivity contribution in [3.05, 3.63) is 41.2 Å². The molecule has 1 atom stereocenters. The lowest BCUT2D eigenvalue weighted by molar-refractivity contribution is 0.00189. The predicted octanol–water partition coefficient (Wildman–Crippen LogP) is 3.86. The molecule has 1 fully saturated rings. The van der Waals surface area contributed by atoms with Crippen LogP contribution in [0.2, 0.25) is 0 Å². The molecule has 0 N–H and O–H groups in total. The van der Waals surface area contributed by atoms with E-state index in [4.69, 9.17) is 4.74 Å². The van der Waals surface area contributed by atoms with Crippen LogP contribution in [0.25, 0.3) is 6.08 Å². The van der Waals surface area contributed by atoms with Gasteiger partial charge < -0.3 is 14.5 Å². The molecule has 0 aliphatic carbocycles. The summed E-state index contributed by atoms with van der Waals surface area (Å²) in [6.07, 6.45) is 1.15. The number of nitrogens with zero attached hydrogens (tertiary/aromatic N) is 2. The summed E-state index contributed by atoms with van der Waals surface area (Å²) in [5.41, 5.74) is 0.719. The average Bonchev–Trinajstić information content (AvgIpc) is 2.51. The molecule has 5 nitrogen and oxygen atoms in total. The Morgan fingerprint density at radius 1 is 1.31 bits per heavy atom. The molecule has 26 heavy (non-hydrogen) atoms. The van der Waals surface area contributed by atoms with Gasteiger partial charge in [0.05, 0.1) is 5.56 Å². The summed E-state index contributed by atoms with van der Waals surface area (Å²) < 4.78 is 19.8. The fraction of sp³-hybridized carbons (Fsp3) is 0.500. The van der Waals surface area contributed by atoms with Crippen molar-refractivity contribution in [3.63, 3.8) is 0 Å². The Morgan fingerprint density at radius 2 is 1.96 bits per heavy atom. The first-order chi connectivity index (χ1) is 12.0. The zero-order valence-corrected chi connectivity index (χ0v) is 16.1. The number of halogens is 1. The van der Waals surface area contributed by atoms with Crippen LogP contribution in [-0.4, -0.2) is 53.1 Å². The molecule has 6 heteroatoms. The second-order valence-corrected chi connectivity index (χ2v) is 7.67. The predicted molar refractivity (Wildman–Crippen MR) is 99.5 cm³/mol. The molecule has 1 heterocycles. The summed E-state index contributed by atoms with van der Waals surface area (Å²) in [6, 6.07) is 2.84. The number of carbonyl (C=O) groups is 2. The molecule has 0 spiro atoms. The van der Waals surface area contributed by atoms with Gasteiger partial charge in [-0.1, -0.05) is 18.7 Å². The monoisotopic (exact) mass is 362 g/mol. The van der Waals surface area contributed by atoms with E-state index < -0.39 is 17.5 Å². The van der Waals surface area contributed by atoms with Gasteiger partial charge in [-0.3, -0.25) is 4.79 Å². The van der Waals surface area contributed by atoms with Crippen molar-refractivity contribution in [1.29, 1.82) is 0 Å². The number of piperazine rings is 1. The fourth-order valence-electron chi connectivity index (χ4n) is 3.05. The molecule has 142 valence electrons. The molecule has 2 amide bonds. The van der Waals surface area contributed by atoms with Crippen molar-refractivity contribution in [2.45, 2.75) is 46.3 Å². The van der Waals surface area contributed by atoms with Gasteiger partial charge in [0.15, 0.2) is 0 Å². The van der Waals surface area contributed by atoms with Crippen molar-refractivity contribution < 1.29 is 18.7 Å². The van der Waals surface area contributed by atoms with Crippen LogP contribution in [0.4, 0.5) is 9.18 Å². The van der Waals surface area contributed by atoms with Crippen LogP contribution in [0.3, 0.4) is 0 Å². The van der Waals surface area contributed by atoms with Crippen LogP contribution in [-0.2, 0) is 4.74 Å². The molecule has 1 aromatic carbocycles. The second-order valence-electron chi connectivity index (χ2n) is 7.67. The number of rotatable bonds is 2. The molecule has 1 aromatic rings. The number of ether oxygens (including phenoxy) is 1. The molecule has 1 aliphatic heterocycles. The molecule has 2 rings (SSSR count). The Kier molecular flexibility index (Phi) is 5.74. The van der Waals surface area contributed by atoms with E-state index in [2.05, 4.69) is 6.58 Å². The molecule has 0 bridgehead atoms. The SMILES string of the molecule is C=Cc1cc(C)c(C(=O)N2CCN(C(=O)OC(C)(C)C)[C@@H](C)C2)c(F)c1. The molecule has 0 radical (unpaired) electrons. The van der Waals surface area contributed by atoms with E-state index in [1.807, 2.05) is 27.7 Å². The number of hydrogen-bond acceptors (Lipinski definition) is 3. The highest BCUT2D eigenvalue weighted by Crippen LogP contribution is 2.22. The Bertz CT molecular complexity index is 701. The average molecular weight is 362 g/mol. The van der Waals surface area contributed by atoms with E-state index in [1.165, 1.54) is 6.07 Å². The van der Waals surface area contributed by atoms with E-state index in [9.17, 15) is 14.0 Å². The van der Waals surface area contributed by atoms with Crippen molar-refractivity contribution in [3.8, 4) is 0 Å². The molecule has 1 aliphatic rings. The minimum absolute atomic E-state index is 0.0773. The highest BCUT2D eigenvalue weighted by atomic mass is 19.1. The van der Waals surface area contributed by atoms with Gasteiger partial charge in [-0.2, -0.15) is 0 Å². The Hall–Kier alpha value is -2.37. The summed E-state index contributed by atoms with van der Waals surface area (Å²) in [5.74, 6) is -0.904. The first-order valence-electron chi connectivity index (χ1n) is 8.75. The topological polar surface area (TPSA) is 49.9 Å². The summed E-state index contributed by atoms with van der Waals surface area (Å²) in [6.45, 7) is 13.7. The normalized spacial score (nSPS) is 17.8. The maximum atomic E-state index is 14.4. The zero-order valence-electron chi connectivity index (χ0n) is 16.1. The van der Waals surface area contributed by atoms with Crippen molar-refractivity contribution in [1.82, 2.24) is 9.80 Å². The quantitative estimate of drug-likeness (QED) is 0.803. The van der Waals surface area contributed by atoms with Gasteiger partial charge in [-0.05, 0) is 51.8 Å². The lowest BCUT2D eigenvalue weighted by Gasteiger charge is -2.40. The largest absolute Gasteiger partial charge is 0.444 e. The standard InChI is InChI=1S/C20H27FN2O3/c1-7-15-10-13(2)17(16(21)11-15)18(24)22-8-9-23(14(3)12-22)19(25)26-20(4,5)6/h7,10-11,14H,1,8-9,12H2,2-6H3/t14-/m0/s1. The van der Waals surface area contributed by atoms with Crippen molar-refractivity contribution >= 4 is 18.1 Å². The van der Waals surface area contributed by atoms with E-state index in [0.29, 0.717) is 30.8 Å². The highest BCUT2D eigenvalue weighted by molar-refractivity contribution is 5.96. The lowest BCUT2D eigenvalue weighted by atomic mass is 10.0. The van der Waals surface area contributed by atoms with Gasteiger partial charge in [0.2, 0.25) is 0 Å². The van der Waals surface area contributed by atoms with Crippen LogP contribution in [0, 0.1) is 12.7 Å².